The molecule has 8 N–H and O–H groups in total. The van der Waals surface area contributed by atoms with Crippen LogP contribution in [0.4, 0.5) is 5.82 Å². The molecule has 0 bridgehead atoms. The van der Waals surface area contributed by atoms with Crippen molar-refractivity contribution in [2.75, 3.05) is 12.3 Å². The molecule has 0 spiro atoms. The number of amides is 1. The van der Waals surface area contributed by atoms with Gasteiger partial charge in [0.2, 0.25) is 5.82 Å². The van der Waals surface area contributed by atoms with E-state index in [-0.39, 0.29) is 5.82 Å². The van der Waals surface area contributed by atoms with Crippen molar-refractivity contribution in [1.29, 1.82) is 0 Å². The molecule has 27 heavy (non-hydrogen) atoms. The standard InChI is InChI=1S/C8H12N4O5.C5H5N5/c9-6(16)7-10-2-12(11-7)8-5(15)4(14)3(1-13)17-8;6-4-3-5(9-1-7-3)10-2-8-4/h2-5,8,13-15H,1H2,(H2,9,16);1-2H,(H3,6,7,8,9,10)/t3-,4-,5-,8-;/m1./s1. The number of nitrogens with one attached hydrogen (secondary N) is 1. The highest BCUT2D eigenvalue weighted by atomic mass is 16.6. The number of primary amides is 1. The Morgan fingerprint density at radius 2 is 2.04 bits per heavy atom. The van der Waals surface area contributed by atoms with Crippen molar-refractivity contribution in [3.05, 3.63) is 24.8 Å². The zero-order valence-corrected chi connectivity index (χ0v) is 13.7. The number of nitrogens with zero attached hydrogens (tertiary/aromatic N) is 6. The average molecular weight is 379 g/mol. The first-order chi connectivity index (χ1) is 12.9. The summed E-state index contributed by atoms with van der Waals surface area (Å²) in [5.74, 6) is -0.597. The summed E-state index contributed by atoms with van der Waals surface area (Å²) in [4.78, 5) is 28.8. The highest BCUT2D eigenvalue weighted by Gasteiger charge is 2.44. The summed E-state index contributed by atoms with van der Waals surface area (Å²) in [6.45, 7) is -0.438. The van der Waals surface area contributed by atoms with Crippen LogP contribution in [-0.2, 0) is 4.74 Å². The normalized spacial score (nSPS) is 24.6. The smallest absolute Gasteiger partial charge is 0.288 e. The average Bonchev–Trinajstić information content (AvgIpc) is 3.37. The first-order valence-electron chi connectivity index (χ1n) is 7.65. The number of imidazole rings is 1. The molecule has 4 heterocycles. The molecule has 1 aliphatic heterocycles. The van der Waals surface area contributed by atoms with E-state index >= 15 is 0 Å². The molecule has 14 nitrogen and oxygen atoms in total. The second-order valence-electron chi connectivity index (χ2n) is 5.50. The molecule has 4 rings (SSSR count). The molecule has 1 amide bonds. The second-order valence-corrected chi connectivity index (χ2v) is 5.50. The molecular formula is C13H17N9O5. The van der Waals surface area contributed by atoms with E-state index in [0.29, 0.717) is 17.0 Å². The van der Waals surface area contributed by atoms with Crippen molar-refractivity contribution in [3.63, 3.8) is 0 Å². The highest BCUT2D eigenvalue weighted by Crippen LogP contribution is 2.28. The number of H-pyrrole nitrogens is 1. The lowest BCUT2D eigenvalue weighted by Gasteiger charge is -2.13. The van der Waals surface area contributed by atoms with E-state index < -0.39 is 37.1 Å². The zero-order chi connectivity index (χ0) is 19.6. The van der Waals surface area contributed by atoms with E-state index in [1.807, 2.05) is 0 Å². The Morgan fingerprint density at radius 1 is 1.26 bits per heavy atom. The van der Waals surface area contributed by atoms with Crippen LogP contribution in [0.1, 0.15) is 16.8 Å². The Bertz CT molecular complexity index is 928. The van der Waals surface area contributed by atoms with Crippen LogP contribution in [0.5, 0.6) is 0 Å². The van der Waals surface area contributed by atoms with Crippen LogP contribution in [0.2, 0.25) is 0 Å². The van der Waals surface area contributed by atoms with Gasteiger partial charge in [0, 0.05) is 0 Å². The molecule has 144 valence electrons. The topological polar surface area (TPSA) is 224 Å². The van der Waals surface area contributed by atoms with E-state index in [4.69, 9.17) is 21.3 Å². The third kappa shape index (κ3) is 3.68. The molecule has 4 atom stereocenters. The molecule has 1 aliphatic rings. The Morgan fingerprint density at radius 3 is 2.63 bits per heavy atom. The fraction of sp³-hybridized carbons (Fsp3) is 0.385. The zero-order valence-electron chi connectivity index (χ0n) is 13.7. The lowest BCUT2D eigenvalue weighted by molar-refractivity contribution is -0.0588. The van der Waals surface area contributed by atoms with Crippen molar-refractivity contribution in [1.82, 2.24) is 34.7 Å². The minimum absolute atomic E-state index is 0.220. The molecule has 0 aliphatic carbocycles. The van der Waals surface area contributed by atoms with Gasteiger partial charge in [0.05, 0.1) is 12.9 Å². The van der Waals surface area contributed by atoms with Crippen molar-refractivity contribution in [3.8, 4) is 0 Å². The lowest BCUT2D eigenvalue weighted by Crippen LogP contribution is -2.33. The van der Waals surface area contributed by atoms with Gasteiger partial charge in [-0.15, -0.1) is 5.10 Å². The van der Waals surface area contributed by atoms with Crippen LogP contribution in [0.25, 0.3) is 11.2 Å². The summed E-state index contributed by atoms with van der Waals surface area (Å²) in [5, 5.41) is 31.8. The summed E-state index contributed by atoms with van der Waals surface area (Å²) in [6, 6.07) is 0. The number of aromatic nitrogens is 7. The summed E-state index contributed by atoms with van der Waals surface area (Å²) >= 11 is 0. The molecule has 0 saturated carbocycles. The highest BCUT2D eigenvalue weighted by molar-refractivity contribution is 5.88. The van der Waals surface area contributed by atoms with Gasteiger partial charge >= 0.3 is 0 Å². The lowest BCUT2D eigenvalue weighted by atomic mass is 10.1. The number of aliphatic hydroxyl groups excluding tert-OH is 3. The summed E-state index contributed by atoms with van der Waals surface area (Å²) in [5.41, 5.74) is 11.8. The summed E-state index contributed by atoms with van der Waals surface area (Å²) in [7, 11) is 0. The molecule has 3 aromatic heterocycles. The van der Waals surface area contributed by atoms with E-state index in [1.165, 1.54) is 12.7 Å². The third-order valence-electron chi connectivity index (χ3n) is 3.76. The largest absolute Gasteiger partial charge is 0.394 e. The fourth-order valence-corrected chi connectivity index (χ4v) is 2.39. The van der Waals surface area contributed by atoms with Gasteiger partial charge in [-0.25, -0.2) is 24.6 Å². The van der Waals surface area contributed by atoms with Crippen LogP contribution in [0.15, 0.2) is 19.0 Å². The molecule has 0 aromatic carbocycles. The van der Waals surface area contributed by atoms with E-state index in [1.54, 1.807) is 0 Å². The molecule has 14 heteroatoms. The Kier molecular flexibility index (Phi) is 5.22. The van der Waals surface area contributed by atoms with Gasteiger partial charge in [0.15, 0.2) is 17.7 Å². The maximum atomic E-state index is 10.8. The number of hydrogen-bond donors (Lipinski definition) is 6. The molecule has 1 saturated heterocycles. The molecular weight excluding hydrogens is 362 g/mol. The predicted molar refractivity (Wildman–Crippen MR) is 87.6 cm³/mol. The maximum absolute atomic E-state index is 10.8. The van der Waals surface area contributed by atoms with Crippen molar-refractivity contribution in [2.24, 2.45) is 5.73 Å². The first-order valence-corrected chi connectivity index (χ1v) is 7.65. The minimum atomic E-state index is -1.27. The van der Waals surface area contributed by atoms with Crippen LogP contribution in [-0.4, -0.2) is 80.8 Å². The Hall–Kier alpha value is -3.20. The van der Waals surface area contributed by atoms with Gasteiger partial charge in [-0.05, 0) is 0 Å². The number of hydrogen-bond acceptors (Lipinski definition) is 11. The molecule has 0 radical (unpaired) electrons. The van der Waals surface area contributed by atoms with Crippen molar-refractivity contribution in [2.45, 2.75) is 24.5 Å². The summed E-state index contributed by atoms with van der Waals surface area (Å²) in [6.07, 6.45) is -0.339. The van der Waals surface area contributed by atoms with E-state index in [9.17, 15) is 15.0 Å². The number of fused-ring (bicyclic) bond motifs is 1. The van der Waals surface area contributed by atoms with Crippen LogP contribution >= 0.6 is 0 Å². The fourth-order valence-electron chi connectivity index (χ4n) is 2.39. The molecule has 1 fully saturated rings. The molecule has 3 aromatic rings. The number of nitrogen functional groups attached to an aromatic ring is 1. The monoisotopic (exact) mass is 379 g/mol. The predicted octanol–water partition coefficient (Wildman–Crippen LogP) is -3.08. The number of carbonyl (C=O) groups excluding carboxylic acids is 1. The van der Waals surface area contributed by atoms with Gasteiger partial charge in [-0.2, -0.15) is 0 Å². The van der Waals surface area contributed by atoms with Crippen molar-refractivity contribution < 1.29 is 24.9 Å². The number of ether oxygens (including phenoxy) is 1. The number of aromatic amines is 1. The van der Waals surface area contributed by atoms with Gasteiger partial charge < -0.3 is 36.5 Å². The Balaban J connectivity index is 0.000000177. The third-order valence-corrected chi connectivity index (χ3v) is 3.76. The van der Waals surface area contributed by atoms with Gasteiger partial charge in [0.25, 0.3) is 5.91 Å². The Labute approximate surface area is 150 Å². The number of anilines is 1. The number of nitrogens with two attached hydrogens (primary N) is 2. The minimum Gasteiger partial charge on any atom is -0.394 e. The van der Waals surface area contributed by atoms with E-state index in [0.717, 1.165) is 11.0 Å². The maximum Gasteiger partial charge on any atom is 0.288 e. The molecule has 0 unspecified atom stereocenters. The first kappa shape index (κ1) is 18.6. The summed E-state index contributed by atoms with van der Waals surface area (Å²) < 4.78 is 6.25. The van der Waals surface area contributed by atoms with Gasteiger partial charge in [0.1, 0.15) is 36.5 Å². The second kappa shape index (κ2) is 7.58. The number of carbonyl (C=O) groups is 1. The number of rotatable bonds is 3. The van der Waals surface area contributed by atoms with Gasteiger partial charge in [-0.3, -0.25) is 4.79 Å². The van der Waals surface area contributed by atoms with Crippen LogP contribution in [0, 0.1) is 0 Å². The quantitative estimate of drug-likeness (QED) is 0.267. The van der Waals surface area contributed by atoms with Gasteiger partial charge in [-0.1, -0.05) is 0 Å². The SMILES string of the molecule is NC(=O)c1ncn([C@@H]2O[C@H](CO)[C@@H](O)[C@H]2O)n1.Nc1ncnc2nc[nH]c12. The van der Waals surface area contributed by atoms with Crippen LogP contribution < -0.4 is 11.5 Å². The van der Waals surface area contributed by atoms with E-state index in [2.05, 4.69) is 30.0 Å². The van der Waals surface area contributed by atoms with Crippen LogP contribution in [0.3, 0.4) is 0 Å². The van der Waals surface area contributed by atoms with Crippen molar-refractivity contribution >= 4 is 22.9 Å². The number of aliphatic hydroxyl groups is 3.